The average molecular weight is 264 g/mol. The van der Waals surface area contributed by atoms with Crippen molar-refractivity contribution in [3.05, 3.63) is 30.3 Å². The Morgan fingerprint density at radius 2 is 2.17 bits per heavy atom. The fourth-order valence-corrected chi connectivity index (χ4v) is 2.58. The van der Waals surface area contributed by atoms with E-state index in [0.717, 1.165) is 5.75 Å². The third-order valence-corrected chi connectivity index (χ3v) is 3.78. The normalized spacial score (nSPS) is 18.4. The molecular formula is C13H16N2O2S. The first-order valence-corrected chi connectivity index (χ1v) is 6.96. The number of benzene rings is 1. The van der Waals surface area contributed by atoms with Crippen molar-refractivity contribution in [2.75, 3.05) is 18.8 Å². The van der Waals surface area contributed by atoms with Crippen LogP contribution in [0.3, 0.4) is 0 Å². The minimum Gasteiger partial charge on any atom is -0.355 e. The molecule has 1 fully saturated rings. The van der Waals surface area contributed by atoms with Crippen molar-refractivity contribution < 1.29 is 9.59 Å². The zero-order valence-electron chi connectivity index (χ0n) is 10.0. The number of nitrogens with one attached hydrogen (secondary N) is 2. The first kappa shape index (κ1) is 13.0. The Bertz CT molecular complexity index is 422. The Morgan fingerprint density at radius 1 is 1.39 bits per heavy atom. The minimum absolute atomic E-state index is 0.0259. The van der Waals surface area contributed by atoms with E-state index in [1.54, 1.807) is 11.8 Å². The van der Waals surface area contributed by atoms with Gasteiger partial charge in [0.25, 0.3) is 0 Å². The van der Waals surface area contributed by atoms with Gasteiger partial charge < -0.3 is 10.6 Å². The van der Waals surface area contributed by atoms with Crippen molar-refractivity contribution in [3.8, 4) is 0 Å². The van der Waals surface area contributed by atoms with Gasteiger partial charge in [-0.2, -0.15) is 0 Å². The molecule has 0 spiro atoms. The summed E-state index contributed by atoms with van der Waals surface area (Å²) >= 11 is 1.71. The van der Waals surface area contributed by atoms with Crippen LogP contribution in [0.15, 0.2) is 35.2 Å². The van der Waals surface area contributed by atoms with E-state index in [4.69, 9.17) is 0 Å². The van der Waals surface area contributed by atoms with E-state index >= 15 is 0 Å². The SMILES string of the molecule is O=C1CC(C(=O)NCCSc2ccccc2)CN1. The molecular weight excluding hydrogens is 248 g/mol. The van der Waals surface area contributed by atoms with Crippen LogP contribution < -0.4 is 10.6 Å². The summed E-state index contributed by atoms with van der Waals surface area (Å²) in [5.74, 6) is 0.583. The fraction of sp³-hybridized carbons (Fsp3) is 0.385. The van der Waals surface area contributed by atoms with Crippen molar-refractivity contribution >= 4 is 23.6 Å². The Labute approximate surface area is 111 Å². The monoisotopic (exact) mass is 264 g/mol. The van der Waals surface area contributed by atoms with Gasteiger partial charge in [0, 0.05) is 30.2 Å². The van der Waals surface area contributed by atoms with Gasteiger partial charge in [0.2, 0.25) is 11.8 Å². The van der Waals surface area contributed by atoms with Crippen LogP contribution >= 0.6 is 11.8 Å². The summed E-state index contributed by atoms with van der Waals surface area (Å²) in [6.45, 7) is 1.10. The Hall–Kier alpha value is -1.49. The Morgan fingerprint density at radius 3 is 2.83 bits per heavy atom. The highest BCUT2D eigenvalue weighted by molar-refractivity contribution is 7.99. The molecule has 2 rings (SSSR count). The maximum Gasteiger partial charge on any atom is 0.225 e. The molecule has 0 bridgehead atoms. The molecule has 1 saturated heterocycles. The smallest absolute Gasteiger partial charge is 0.225 e. The van der Waals surface area contributed by atoms with Crippen molar-refractivity contribution in [2.24, 2.45) is 5.92 Å². The topological polar surface area (TPSA) is 58.2 Å². The first-order chi connectivity index (χ1) is 8.75. The number of hydrogen-bond donors (Lipinski definition) is 2. The molecule has 1 aliphatic heterocycles. The molecule has 1 atom stereocenters. The molecule has 1 aromatic carbocycles. The lowest BCUT2D eigenvalue weighted by molar-refractivity contribution is -0.126. The van der Waals surface area contributed by atoms with E-state index in [1.807, 2.05) is 30.3 Å². The summed E-state index contributed by atoms with van der Waals surface area (Å²) in [5.41, 5.74) is 0. The van der Waals surface area contributed by atoms with E-state index in [2.05, 4.69) is 10.6 Å². The zero-order chi connectivity index (χ0) is 12.8. The van der Waals surface area contributed by atoms with Crippen LogP contribution in [0.5, 0.6) is 0 Å². The molecule has 18 heavy (non-hydrogen) atoms. The first-order valence-electron chi connectivity index (χ1n) is 5.98. The molecule has 1 unspecified atom stereocenters. The molecule has 1 aromatic rings. The number of carbonyl (C=O) groups excluding carboxylic acids is 2. The number of amides is 2. The summed E-state index contributed by atoms with van der Waals surface area (Å²) in [4.78, 5) is 23.9. The fourth-order valence-electron chi connectivity index (χ4n) is 1.79. The minimum atomic E-state index is -0.195. The number of thioether (sulfide) groups is 1. The maximum absolute atomic E-state index is 11.7. The van der Waals surface area contributed by atoms with Crippen molar-refractivity contribution in [1.29, 1.82) is 0 Å². The van der Waals surface area contributed by atoms with Crippen LogP contribution in [-0.2, 0) is 9.59 Å². The summed E-state index contributed by atoms with van der Waals surface area (Å²) in [6.07, 6.45) is 0.317. The summed E-state index contributed by atoms with van der Waals surface area (Å²) < 4.78 is 0. The summed E-state index contributed by atoms with van der Waals surface area (Å²) in [5, 5.41) is 5.53. The van der Waals surface area contributed by atoms with Gasteiger partial charge in [-0.05, 0) is 12.1 Å². The third-order valence-electron chi connectivity index (χ3n) is 2.76. The van der Waals surface area contributed by atoms with E-state index in [1.165, 1.54) is 4.90 Å². The third kappa shape index (κ3) is 3.77. The molecule has 96 valence electrons. The second kappa shape index (κ2) is 6.44. The van der Waals surface area contributed by atoms with Crippen molar-refractivity contribution in [3.63, 3.8) is 0 Å². The largest absolute Gasteiger partial charge is 0.355 e. The van der Waals surface area contributed by atoms with Gasteiger partial charge in [-0.3, -0.25) is 9.59 Å². The number of hydrogen-bond acceptors (Lipinski definition) is 3. The predicted molar refractivity (Wildman–Crippen MR) is 71.3 cm³/mol. The van der Waals surface area contributed by atoms with Crippen LogP contribution in [0.4, 0.5) is 0 Å². The standard InChI is InChI=1S/C13H16N2O2S/c16-12-8-10(9-15-12)13(17)14-6-7-18-11-4-2-1-3-5-11/h1-5,10H,6-9H2,(H,14,17)(H,15,16). The van der Waals surface area contributed by atoms with Gasteiger partial charge in [-0.25, -0.2) is 0 Å². The molecule has 4 nitrogen and oxygen atoms in total. The van der Waals surface area contributed by atoms with Crippen molar-refractivity contribution in [2.45, 2.75) is 11.3 Å². The van der Waals surface area contributed by atoms with Gasteiger partial charge in [0.1, 0.15) is 0 Å². The number of carbonyl (C=O) groups is 2. The van der Waals surface area contributed by atoms with Crippen LogP contribution in [0.2, 0.25) is 0 Å². The molecule has 2 amide bonds. The molecule has 0 saturated carbocycles. The number of rotatable bonds is 5. The van der Waals surface area contributed by atoms with Gasteiger partial charge in [0.15, 0.2) is 0 Å². The Kier molecular flexibility index (Phi) is 4.64. The molecule has 0 aliphatic carbocycles. The molecule has 0 radical (unpaired) electrons. The molecule has 2 N–H and O–H groups in total. The van der Waals surface area contributed by atoms with Gasteiger partial charge in [0.05, 0.1) is 5.92 Å². The van der Waals surface area contributed by atoms with Gasteiger partial charge in [-0.1, -0.05) is 18.2 Å². The lowest BCUT2D eigenvalue weighted by atomic mass is 10.1. The van der Waals surface area contributed by atoms with Gasteiger partial charge >= 0.3 is 0 Å². The van der Waals surface area contributed by atoms with E-state index in [-0.39, 0.29) is 17.7 Å². The van der Waals surface area contributed by atoms with Crippen LogP contribution in [0.25, 0.3) is 0 Å². The van der Waals surface area contributed by atoms with Crippen LogP contribution in [0, 0.1) is 5.92 Å². The maximum atomic E-state index is 11.7. The van der Waals surface area contributed by atoms with E-state index < -0.39 is 0 Å². The quantitative estimate of drug-likeness (QED) is 0.617. The molecule has 1 heterocycles. The predicted octanol–water partition coefficient (Wildman–Crippen LogP) is 1.03. The lowest BCUT2D eigenvalue weighted by Crippen LogP contribution is -2.33. The highest BCUT2D eigenvalue weighted by Gasteiger charge is 2.27. The highest BCUT2D eigenvalue weighted by Crippen LogP contribution is 2.16. The van der Waals surface area contributed by atoms with Crippen LogP contribution in [-0.4, -0.2) is 30.7 Å². The highest BCUT2D eigenvalue weighted by atomic mass is 32.2. The molecule has 5 heteroatoms. The molecule has 0 aromatic heterocycles. The van der Waals surface area contributed by atoms with Crippen molar-refractivity contribution in [1.82, 2.24) is 10.6 Å². The van der Waals surface area contributed by atoms with Crippen LogP contribution in [0.1, 0.15) is 6.42 Å². The lowest BCUT2D eigenvalue weighted by Gasteiger charge is -2.08. The van der Waals surface area contributed by atoms with Gasteiger partial charge in [-0.15, -0.1) is 11.8 Å². The summed E-state index contributed by atoms with van der Waals surface area (Å²) in [6, 6.07) is 10.1. The van der Waals surface area contributed by atoms with E-state index in [0.29, 0.717) is 19.5 Å². The molecule has 1 aliphatic rings. The second-order valence-electron chi connectivity index (χ2n) is 4.16. The zero-order valence-corrected chi connectivity index (χ0v) is 10.8. The Balaban J connectivity index is 1.63. The van der Waals surface area contributed by atoms with E-state index in [9.17, 15) is 9.59 Å². The average Bonchev–Trinajstić information content (AvgIpc) is 2.82. The second-order valence-corrected chi connectivity index (χ2v) is 5.33. The summed E-state index contributed by atoms with van der Waals surface area (Å²) in [7, 11) is 0.